The summed E-state index contributed by atoms with van der Waals surface area (Å²) in [4.78, 5) is 0. The normalized spacial score (nSPS) is 12.0. The van der Waals surface area contributed by atoms with Crippen molar-refractivity contribution in [2.75, 3.05) is 24.7 Å². The van der Waals surface area contributed by atoms with Gasteiger partial charge in [0.2, 0.25) is 0 Å². The van der Waals surface area contributed by atoms with Crippen molar-refractivity contribution < 1.29 is 10.2 Å². The minimum absolute atomic E-state index is 0.0422. The predicted octanol–water partition coefficient (Wildman–Crippen LogP) is 1.17. The minimum Gasteiger partial charge on any atom is -0.394 e. The van der Waals surface area contributed by atoms with Gasteiger partial charge >= 0.3 is 0 Å². The van der Waals surface area contributed by atoms with Gasteiger partial charge in [-0.15, -0.1) is 23.5 Å². The van der Waals surface area contributed by atoms with E-state index in [1.807, 2.05) is 13.8 Å². The molecule has 2 N–H and O–H groups in total. The first-order valence-corrected chi connectivity index (χ1v) is 5.71. The molecule has 0 atom stereocenters. The molecule has 0 aromatic heterocycles. The van der Waals surface area contributed by atoms with E-state index in [0.29, 0.717) is 0 Å². The van der Waals surface area contributed by atoms with E-state index >= 15 is 0 Å². The third-order valence-electron chi connectivity index (χ3n) is 1.30. The number of aliphatic hydroxyl groups excluding tert-OH is 2. The van der Waals surface area contributed by atoms with Crippen LogP contribution in [0, 0.1) is 0 Å². The van der Waals surface area contributed by atoms with Crippen LogP contribution in [0.2, 0.25) is 0 Å². The van der Waals surface area contributed by atoms with Crippen molar-refractivity contribution in [2.24, 2.45) is 0 Å². The van der Waals surface area contributed by atoms with Gasteiger partial charge in [-0.05, 0) is 11.5 Å². The molecule has 0 spiro atoms. The Morgan fingerprint density at radius 2 is 1.36 bits per heavy atom. The molecule has 68 valence electrons. The Morgan fingerprint density at radius 1 is 1.00 bits per heavy atom. The van der Waals surface area contributed by atoms with Gasteiger partial charge in [-0.2, -0.15) is 0 Å². The summed E-state index contributed by atoms with van der Waals surface area (Å²) in [6.45, 7) is 4.14. The lowest BCUT2D eigenvalue weighted by molar-refractivity contribution is 0.215. The monoisotopic (exact) mass is 196 g/mol. The smallest absolute Gasteiger partial charge is 0.107 e. The molecule has 0 unspecified atom stereocenters. The first-order valence-electron chi connectivity index (χ1n) is 3.74. The number of rotatable bonds is 6. The second kappa shape index (κ2) is 6.17. The molecule has 0 aromatic carbocycles. The summed E-state index contributed by atoms with van der Waals surface area (Å²) in [6, 6.07) is 0. The SMILES string of the molecule is CCSC(CO)(CO)SCC. The van der Waals surface area contributed by atoms with Gasteiger partial charge in [0, 0.05) is 0 Å². The van der Waals surface area contributed by atoms with Crippen LogP contribution in [0.25, 0.3) is 0 Å². The first-order chi connectivity index (χ1) is 5.24. The van der Waals surface area contributed by atoms with Gasteiger partial charge in [0.1, 0.15) is 4.08 Å². The Hall–Kier alpha value is 0.620. The number of thioether (sulfide) groups is 2. The number of hydrogen-bond donors (Lipinski definition) is 2. The lowest BCUT2D eigenvalue weighted by Gasteiger charge is -2.27. The third-order valence-corrected chi connectivity index (χ3v) is 4.15. The van der Waals surface area contributed by atoms with Crippen molar-refractivity contribution in [2.45, 2.75) is 17.9 Å². The van der Waals surface area contributed by atoms with Gasteiger partial charge in [-0.1, -0.05) is 13.8 Å². The Kier molecular flexibility index (Phi) is 6.52. The van der Waals surface area contributed by atoms with Gasteiger partial charge in [0.15, 0.2) is 0 Å². The predicted molar refractivity (Wildman–Crippen MR) is 53.2 cm³/mol. The zero-order valence-electron chi connectivity index (χ0n) is 7.04. The highest BCUT2D eigenvalue weighted by molar-refractivity contribution is 8.18. The van der Waals surface area contributed by atoms with Crippen LogP contribution in [-0.2, 0) is 0 Å². The van der Waals surface area contributed by atoms with Crippen molar-refractivity contribution in [1.82, 2.24) is 0 Å². The van der Waals surface area contributed by atoms with E-state index in [-0.39, 0.29) is 17.3 Å². The molecule has 0 saturated carbocycles. The van der Waals surface area contributed by atoms with Crippen LogP contribution in [0.15, 0.2) is 0 Å². The van der Waals surface area contributed by atoms with Gasteiger partial charge in [0.05, 0.1) is 13.2 Å². The van der Waals surface area contributed by atoms with Crippen molar-refractivity contribution in [3.63, 3.8) is 0 Å². The highest BCUT2D eigenvalue weighted by atomic mass is 32.2. The van der Waals surface area contributed by atoms with Gasteiger partial charge in [-0.25, -0.2) is 0 Å². The molecule has 2 nitrogen and oxygen atoms in total. The molecule has 0 radical (unpaired) electrons. The Morgan fingerprint density at radius 3 is 1.55 bits per heavy atom. The number of hydrogen-bond acceptors (Lipinski definition) is 4. The van der Waals surface area contributed by atoms with Gasteiger partial charge in [-0.3, -0.25) is 0 Å². The Balaban J connectivity index is 3.96. The first kappa shape index (κ1) is 11.6. The molecule has 0 amide bonds. The van der Waals surface area contributed by atoms with E-state index in [1.54, 1.807) is 23.5 Å². The topological polar surface area (TPSA) is 40.5 Å². The third kappa shape index (κ3) is 3.69. The van der Waals surface area contributed by atoms with Crippen LogP contribution in [0.4, 0.5) is 0 Å². The summed E-state index contributed by atoms with van der Waals surface area (Å²) in [5.41, 5.74) is 0. The summed E-state index contributed by atoms with van der Waals surface area (Å²) in [5.74, 6) is 1.85. The van der Waals surface area contributed by atoms with E-state index in [4.69, 9.17) is 10.2 Å². The van der Waals surface area contributed by atoms with E-state index in [2.05, 4.69) is 0 Å². The molecule has 0 aliphatic carbocycles. The molecule has 11 heavy (non-hydrogen) atoms. The highest BCUT2D eigenvalue weighted by Gasteiger charge is 2.28. The maximum atomic E-state index is 9.04. The maximum Gasteiger partial charge on any atom is 0.107 e. The lowest BCUT2D eigenvalue weighted by Crippen LogP contribution is -2.30. The van der Waals surface area contributed by atoms with Crippen LogP contribution in [0.3, 0.4) is 0 Å². The standard InChI is InChI=1S/C7H16O2S2/c1-3-10-7(5-8,6-9)11-4-2/h8-9H,3-6H2,1-2H3. The van der Waals surface area contributed by atoms with Crippen LogP contribution in [-0.4, -0.2) is 39.0 Å². The van der Waals surface area contributed by atoms with Gasteiger partial charge in [0.25, 0.3) is 0 Å². The molecule has 0 fully saturated rings. The molecule has 0 heterocycles. The zero-order chi connectivity index (χ0) is 8.74. The van der Waals surface area contributed by atoms with Crippen LogP contribution >= 0.6 is 23.5 Å². The molecular formula is C7H16O2S2. The molecule has 0 aromatic rings. The van der Waals surface area contributed by atoms with Crippen LogP contribution in [0.5, 0.6) is 0 Å². The van der Waals surface area contributed by atoms with Crippen LogP contribution in [0.1, 0.15) is 13.8 Å². The van der Waals surface area contributed by atoms with Crippen molar-refractivity contribution in [3.8, 4) is 0 Å². The minimum atomic E-state index is -0.372. The van der Waals surface area contributed by atoms with E-state index < -0.39 is 0 Å². The van der Waals surface area contributed by atoms with E-state index in [1.165, 1.54) is 0 Å². The zero-order valence-corrected chi connectivity index (χ0v) is 8.67. The molecule has 0 saturated heterocycles. The summed E-state index contributed by atoms with van der Waals surface area (Å²) in [7, 11) is 0. The molecular weight excluding hydrogens is 180 g/mol. The second-order valence-electron chi connectivity index (χ2n) is 2.09. The second-order valence-corrected chi connectivity index (χ2v) is 5.65. The van der Waals surface area contributed by atoms with Crippen molar-refractivity contribution in [3.05, 3.63) is 0 Å². The molecule has 0 aliphatic heterocycles. The van der Waals surface area contributed by atoms with Gasteiger partial charge < -0.3 is 10.2 Å². The maximum absolute atomic E-state index is 9.04. The summed E-state index contributed by atoms with van der Waals surface area (Å²) < 4.78 is -0.372. The summed E-state index contributed by atoms with van der Waals surface area (Å²) in [5, 5.41) is 18.1. The van der Waals surface area contributed by atoms with E-state index in [9.17, 15) is 0 Å². The lowest BCUT2D eigenvalue weighted by atomic mass is 10.5. The quantitative estimate of drug-likeness (QED) is 0.626. The average Bonchev–Trinajstić information content (AvgIpc) is 2.04. The molecule has 0 rings (SSSR count). The van der Waals surface area contributed by atoms with Crippen molar-refractivity contribution >= 4 is 23.5 Å². The van der Waals surface area contributed by atoms with Crippen molar-refractivity contribution in [1.29, 1.82) is 0 Å². The molecule has 0 aliphatic rings. The summed E-state index contributed by atoms with van der Waals surface area (Å²) in [6.07, 6.45) is 0. The van der Waals surface area contributed by atoms with Crippen LogP contribution < -0.4 is 0 Å². The largest absolute Gasteiger partial charge is 0.394 e. The molecule has 0 bridgehead atoms. The number of aliphatic hydroxyl groups is 2. The molecule has 4 heteroatoms. The Bertz CT molecular complexity index is 86.4. The Labute approximate surface area is 76.8 Å². The highest BCUT2D eigenvalue weighted by Crippen LogP contribution is 2.35. The fourth-order valence-electron chi connectivity index (χ4n) is 0.800. The average molecular weight is 196 g/mol. The fourth-order valence-corrected chi connectivity index (χ4v) is 3.26. The fraction of sp³-hybridized carbons (Fsp3) is 1.00. The van der Waals surface area contributed by atoms with E-state index in [0.717, 1.165) is 11.5 Å². The summed E-state index contributed by atoms with van der Waals surface area (Å²) >= 11 is 3.22.